The van der Waals surface area contributed by atoms with Crippen LogP contribution in [0.1, 0.15) is 0 Å². The second-order valence-electron chi connectivity index (χ2n) is 3.28. The van der Waals surface area contributed by atoms with Crippen molar-refractivity contribution in [3.63, 3.8) is 0 Å². The van der Waals surface area contributed by atoms with E-state index in [2.05, 4.69) is 15.3 Å². The van der Waals surface area contributed by atoms with Gasteiger partial charge in [0.1, 0.15) is 5.02 Å². The molecule has 2 aromatic rings. The van der Waals surface area contributed by atoms with Crippen molar-refractivity contribution in [3.05, 3.63) is 39.7 Å². The molecule has 1 N–H and O–H groups in total. The van der Waals surface area contributed by atoms with Crippen LogP contribution in [-0.4, -0.2) is 16.4 Å². The van der Waals surface area contributed by atoms with E-state index in [1.54, 1.807) is 24.3 Å². The summed E-state index contributed by atoms with van der Waals surface area (Å²) < 4.78 is 4.81. The summed E-state index contributed by atoms with van der Waals surface area (Å²) in [6, 6.07) is 6.75. The predicted molar refractivity (Wildman–Crippen MR) is 73.5 cm³/mol. The highest BCUT2D eigenvalue weighted by atomic mass is 35.5. The van der Waals surface area contributed by atoms with Crippen molar-refractivity contribution < 1.29 is 9.53 Å². The van der Waals surface area contributed by atoms with E-state index in [-0.39, 0.29) is 21.3 Å². The summed E-state index contributed by atoms with van der Waals surface area (Å²) >= 11 is 17.4. The third-order valence-electron chi connectivity index (χ3n) is 2.10. The molecule has 0 amide bonds. The maximum absolute atomic E-state index is 10.4. The van der Waals surface area contributed by atoms with E-state index >= 15 is 0 Å². The fourth-order valence-electron chi connectivity index (χ4n) is 1.33. The molecule has 0 aliphatic carbocycles. The van der Waals surface area contributed by atoms with Gasteiger partial charge in [0.2, 0.25) is 5.28 Å². The van der Waals surface area contributed by atoms with Gasteiger partial charge >= 0.3 is 0 Å². The van der Waals surface area contributed by atoms with Gasteiger partial charge in [-0.05, 0) is 23.7 Å². The SMILES string of the molecule is O=COc1ccccc1Nc1nc(Cl)nc(Cl)c1Cl. The molecule has 0 aliphatic heterocycles. The van der Waals surface area contributed by atoms with Gasteiger partial charge < -0.3 is 10.1 Å². The standard InChI is InChI=1S/C11H6Cl3N3O2/c12-8-9(13)16-11(14)17-10(8)15-6-3-1-2-4-7(6)19-5-18/h1-5H,(H,15,16,17). The largest absolute Gasteiger partial charge is 0.427 e. The highest BCUT2D eigenvalue weighted by molar-refractivity contribution is 6.43. The van der Waals surface area contributed by atoms with Gasteiger partial charge in [0.25, 0.3) is 6.47 Å². The number of hydrogen-bond acceptors (Lipinski definition) is 5. The van der Waals surface area contributed by atoms with E-state index in [1.165, 1.54) is 0 Å². The number of rotatable bonds is 4. The lowest BCUT2D eigenvalue weighted by molar-refractivity contribution is -0.120. The van der Waals surface area contributed by atoms with E-state index in [0.717, 1.165) is 0 Å². The Morgan fingerprint density at radius 2 is 1.89 bits per heavy atom. The second-order valence-corrected chi connectivity index (χ2v) is 4.36. The smallest absolute Gasteiger partial charge is 0.298 e. The Labute approximate surface area is 123 Å². The van der Waals surface area contributed by atoms with Gasteiger partial charge in [0.15, 0.2) is 16.7 Å². The lowest BCUT2D eigenvalue weighted by Gasteiger charge is -2.11. The summed E-state index contributed by atoms with van der Waals surface area (Å²) in [7, 11) is 0. The molecular formula is C11H6Cl3N3O2. The molecule has 1 aromatic heterocycles. The summed E-state index contributed by atoms with van der Waals surface area (Å²) in [5, 5.41) is 2.96. The number of nitrogens with one attached hydrogen (secondary N) is 1. The van der Waals surface area contributed by atoms with Crippen LogP contribution in [0.15, 0.2) is 24.3 Å². The van der Waals surface area contributed by atoms with Crippen LogP contribution in [0.3, 0.4) is 0 Å². The number of anilines is 2. The Hall–Kier alpha value is -1.56. The number of benzene rings is 1. The lowest BCUT2D eigenvalue weighted by atomic mass is 10.3. The minimum atomic E-state index is -0.0503. The topological polar surface area (TPSA) is 64.1 Å². The lowest BCUT2D eigenvalue weighted by Crippen LogP contribution is -2.00. The monoisotopic (exact) mass is 317 g/mol. The molecule has 0 unspecified atom stereocenters. The fraction of sp³-hybridized carbons (Fsp3) is 0. The zero-order valence-corrected chi connectivity index (χ0v) is 11.5. The first-order chi connectivity index (χ1) is 9.11. The van der Waals surface area contributed by atoms with Crippen LogP contribution >= 0.6 is 34.8 Å². The van der Waals surface area contributed by atoms with Crippen LogP contribution in [0.5, 0.6) is 5.75 Å². The number of carbonyl (C=O) groups excluding carboxylic acids is 1. The zero-order valence-electron chi connectivity index (χ0n) is 9.23. The Bertz CT molecular complexity index is 622. The molecule has 1 aromatic carbocycles. The number of aromatic nitrogens is 2. The predicted octanol–water partition coefficient (Wildman–Crippen LogP) is 3.72. The molecule has 98 valence electrons. The van der Waals surface area contributed by atoms with Gasteiger partial charge in [0, 0.05) is 0 Å². The molecule has 0 aliphatic rings. The second kappa shape index (κ2) is 6.06. The van der Waals surface area contributed by atoms with Gasteiger partial charge in [-0.25, -0.2) is 4.98 Å². The van der Waals surface area contributed by atoms with Crippen LogP contribution in [0.2, 0.25) is 15.5 Å². The number of para-hydroxylation sites is 2. The van der Waals surface area contributed by atoms with Gasteiger partial charge in [-0.3, -0.25) is 4.79 Å². The van der Waals surface area contributed by atoms with Crippen LogP contribution in [0, 0.1) is 0 Å². The molecule has 0 radical (unpaired) electrons. The van der Waals surface area contributed by atoms with Crippen LogP contribution in [0.25, 0.3) is 0 Å². The minimum absolute atomic E-state index is 0.0259. The highest BCUT2D eigenvalue weighted by Crippen LogP contribution is 2.33. The summed E-state index contributed by atoms with van der Waals surface area (Å²) in [6.07, 6.45) is 0. The van der Waals surface area contributed by atoms with Crippen molar-refractivity contribution >= 4 is 52.8 Å². The van der Waals surface area contributed by atoms with Crippen molar-refractivity contribution in [2.45, 2.75) is 0 Å². The first kappa shape index (κ1) is 13.9. The molecule has 0 saturated carbocycles. The average molecular weight is 319 g/mol. The van der Waals surface area contributed by atoms with Crippen molar-refractivity contribution in [1.82, 2.24) is 9.97 Å². The van der Waals surface area contributed by atoms with E-state index < -0.39 is 0 Å². The molecule has 19 heavy (non-hydrogen) atoms. The fourth-order valence-corrected chi connectivity index (χ4v) is 1.84. The molecule has 0 atom stereocenters. The summed E-state index contributed by atoms with van der Waals surface area (Å²) in [5.41, 5.74) is 0.488. The first-order valence-electron chi connectivity index (χ1n) is 4.96. The summed E-state index contributed by atoms with van der Waals surface area (Å²) in [6.45, 7) is 0.321. The molecule has 1 heterocycles. The molecule has 0 spiro atoms. The van der Waals surface area contributed by atoms with E-state index in [9.17, 15) is 4.79 Å². The maximum Gasteiger partial charge on any atom is 0.298 e. The number of halogens is 3. The van der Waals surface area contributed by atoms with Crippen molar-refractivity contribution in [2.24, 2.45) is 0 Å². The zero-order chi connectivity index (χ0) is 13.8. The van der Waals surface area contributed by atoms with E-state index in [0.29, 0.717) is 17.9 Å². The van der Waals surface area contributed by atoms with Crippen LogP contribution < -0.4 is 10.1 Å². The van der Waals surface area contributed by atoms with Crippen molar-refractivity contribution in [3.8, 4) is 5.75 Å². The van der Waals surface area contributed by atoms with Crippen molar-refractivity contribution in [2.75, 3.05) is 5.32 Å². The molecule has 0 bridgehead atoms. The third kappa shape index (κ3) is 3.26. The minimum Gasteiger partial charge on any atom is -0.427 e. The van der Waals surface area contributed by atoms with Gasteiger partial charge in [-0.1, -0.05) is 35.3 Å². The molecule has 8 heteroatoms. The van der Waals surface area contributed by atoms with Crippen LogP contribution in [0.4, 0.5) is 11.5 Å². The summed E-state index contributed by atoms with van der Waals surface area (Å²) in [4.78, 5) is 18.0. The number of carbonyl (C=O) groups is 1. The number of ether oxygens (including phenoxy) is 1. The normalized spacial score (nSPS) is 10.1. The van der Waals surface area contributed by atoms with Gasteiger partial charge in [-0.15, -0.1) is 0 Å². The number of nitrogens with zero attached hydrogens (tertiary/aromatic N) is 2. The molecular weight excluding hydrogens is 312 g/mol. The van der Waals surface area contributed by atoms with Gasteiger partial charge in [0.05, 0.1) is 5.69 Å². The third-order valence-corrected chi connectivity index (χ3v) is 3.00. The van der Waals surface area contributed by atoms with Crippen molar-refractivity contribution in [1.29, 1.82) is 0 Å². The Morgan fingerprint density at radius 1 is 1.16 bits per heavy atom. The average Bonchev–Trinajstić information content (AvgIpc) is 2.38. The van der Waals surface area contributed by atoms with E-state index in [1.807, 2.05) is 0 Å². The van der Waals surface area contributed by atoms with Crippen LogP contribution in [-0.2, 0) is 4.79 Å². The molecule has 0 saturated heterocycles. The quantitative estimate of drug-likeness (QED) is 0.529. The highest BCUT2D eigenvalue weighted by Gasteiger charge is 2.12. The molecule has 2 rings (SSSR count). The number of hydrogen-bond donors (Lipinski definition) is 1. The molecule has 5 nitrogen and oxygen atoms in total. The maximum atomic E-state index is 10.4. The Balaban J connectivity index is 2.39. The van der Waals surface area contributed by atoms with E-state index in [4.69, 9.17) is 39.5 Å². The molecule has 0 fully saturated rings. The Morgan fingerprint density at radius 3 is 2.63 bits per heavy atom. The van der Waals surface area contributed by atoms with Gasteiger partial charge in [-0.2, -0.15) is 4.98 Å². The summed E-state index contributed by atoms with van der Waals surface area (Å²) in [5.74, 6) is 0.535. The Kier molecular flexibility index (Phi) is 4.42. The first-order valence-corrected chi connectivity index (χ1v) is 6.10.